The number of hydrogen-bond acceptors (Lipinski definition) is 2. The van der Waals surface area contributed by atoms with Crippen molar-refractivity contribution in [2.75, 3.05) is 19.6 Å². The van der Waals surface area contributed by atoms with Gasteiger partial charge in [-0.2, -0.15) is 0 Å². The summed E-state index contributed by atoms with van der Waals surface area (Å²) < 4.78 is 0. The molecule has 1 atom stereocenters. The van der Waals surface area contributed by atoms with Crippen LogP contribution in [0.2, 0.25) is 0 Å². The van der Waals surface area contributed by atoms with E-state index in [2.05, 4.69) is 53.0 Å². The highest BCUT2D eigenvalue weighted by atomic mass is 127. The smallest absolute Gasteiger partial charge is 0.189 e. The quantitative estimate of drug-likeness (QED) is 0.307. The number of aliphatic imine (C=N–C) groups is 1. The summed E-state index contributed by atoms with van der Waals surface area (Å²) in [6, 6.07) is 8.54. The fraction of sp³-hybridized carbons (Fsp3) is 0.526. The average Bonchev–Trinajstić information content (AvgIpc) is 2.52. The van der Waals surface area contributed by atoms with E-state index in [1.807, 2.05) is 6.92 Å². The van der Waals surface area contributed by atoms with Crippen LogP contribution in [-0.4, -0.2) is 30.5 Å². The lowest BCUT2D eigenvalue weighted by molar-refractivity contribution is 0.176. The summed E-state index contributed by atoms with van der Waals surface area (Å²) in [7, 11) is 0. The molecule has 1 saturated heterocycles. The molecule has 0 amide bonds. The summed E-state index contributed by atoms with van der Waals surface area (Å²) in [5.74, 6) is 1.28. The van der Waals surface area contributed by atoms with Gasteiger partial charge in [-0.3, -0.25) is 4.90 Å². The van der Waals surface area contributed by atoms with Crippen LogP contribution < -0.4 is 11.1 Å². The first kappa shape index (κ1) is 21.0. The Morgan fingerprint density at radius 2 is 2.08 bits per heavy atom. The van der Waals surface area contributed by atoms with Crippen molar-refractivity contribution in [2.24, 2.45) is 16.6 Å². The number of guanidine groups is 1. The minimum absolute atomic E-state index is 0. The van der Waals surface area contributed by atoms with E-state index in [0.29, 0.717) is 19.0 Å². The van der Waals surface area contributed by atoms with Gasteiger partial charge >= 0.3 is 0 Å². The summed E-state index contributed by atoms with van der Waals surface area (Å²) in [5.41, 5.74) is 9.57. The molecule has 0 aliphatic carbocycles. The molecule has 3 N–H and O–H groups in total. The molecule has 1 aromatic rings. The van der Waals surface area contributed by atoms with Gasteiger partial charge in [0.25, 0.3) is 0 Å². The van der Waals surface area contributed by atoms with Crippen LogP contribution in [0.4, 0.5) is 0 Å². The third-order valence-electron chi connectivity index (χ3n) is 4.24. The second kappa shape index (κ2) is 10.7. The Hall–Kier alpha value is -1.08. The van der Waals surface area contributed by atoms with Gasteiger partial charge in [-0.1, -0.05) is 43.3 Å². The van der Waals surface area contributed by atoms with Gasteiger partial charge in [0.05, 0.1) is 6.54 Å². The molecule has 4 nitrogen and oxygen atoms in total. The SMILES string of the molecule is C=C(C)CNC(N)=NCc1ccccc1CN1CCCC(C)C1.I. The maximum Gasteiger partial charge on any atom is 0.189 e. The van der Waals surface area contributed by atoms with Crippen LogP contribution >= 0.6 is 24.0 Å². The first-order valence-corrected chi connectivity index (χ1v) is 8.52. The maximum absolute atomic E-state index is 5.91. The van der Waals surface area contributed by atoms with E-state index in [4.69, 9.17) is 5.73 Å². The molecule has 0 aromatic heterocycles. The van der Waals surface area contributed by atoms with Gasteiger partial charge < -0.3 is 11.1 Å². The third-order valence-corrected chi connectivity index (χ3v) is 4.24. The molecule has 1 aromatic carbocycles. The van der Waals surface area contributed by atoms with Crippen molar-refractivity contribution in [3.8, 4) is 0 Å². The Morgan fingerprint density at radius 1 is 1.38 bits per heavy atom. The highest BCUT2D eigenvalue weighted by molar-refractivity contribution is 14.0. The minimum atomic E-state index is 0. The van der Waals surface area contributed by atoms with E-state index in [-0.39, 0.29) is 24.0 Å². The monoisotopic (exact) mass is 442 g/mol. The van der Waals surface area contributed by atoms with E-state index in [0.717, 1.165) is 18.0 Å². The summed E-state index contributed by atoms with van der Waals surface area (Å²) in [4.78, 5) is 7.01. The van der Waals surface area contributed by atoms with E-state index in [1.165, 1.54) is 37.1 Å². The summed E-state index contributed by atoms with van der Waals surface area (Å²) in [6.45, 7) is 12.9. The first-order chi connectivity index (χ1) is 11.0. The van der Waals surface area contributed by atoms with E-state index < -0.39 is 0 Å². The Bertz CT molecular complexity index is 556. The maximum atomic E-state index is 5.91. The number of hydrogen-bond donors (Lipinski definition) is 2. The first-order valence-electron chi connectivity index (χ1n) is 8.52. The van der Waals surface area contributed by atoms with Crippen molar-refractivity contribution in [1.82, 2.24) is 10.2 Å². The molecule has 0 saturated carbocycles. The van der Waals surface area contributed by atoms with E-state index >= 15 is 0 Å². The number of halogens is 1. The Kier molecular flexibility index (Phi) is 9.36. The zero-order chi connectivity index (χ0) is 16.7. The molecule has 0 bridgehead atoms. The molecular weight excluding hydrogens is 411 g/mol. The summed E-state index contributed by atoms with van der Waals surface area (Å²) >= 11 is 0. The molecule has 0 radical (unpaired) electrons. The third kappa shape index (κ3) is 7.21. The fourth-order valence-corrected chi connectivity index (χ4v) is 3.00. The van der Waals surface area contributed by atoms with Gasteiger partial charge in [0.15, 0.2) is 5.96 Å². The minimum Gasteiger partial charge on any atom is -0.370 e. The van der Waals surface area contributed by atoms with Gasteiger partial charge in [0, 0.05) is 19.6 Å². The van der Waals surface area contributed by atoms with Gasteiger partial charge in [-0.25, -0.2) is 4.99 Å². The number of benzene rings is 1. The number of rotatable bonds is 6. The number of nitrogens with two attached hydrogens (primary N) is 1. The predicted molar refractivity (Wildman–Crippen MR) is 114 cm³/mol. The summed E-state index contributed by atoms with van der Waals surface area (Å²) in [6.07, 6.45) is 2.66. The predicted octanol–water partition coefficient (Wildman–Crippen LogP) is 3.52. The molecule has 1 aliphatic heterocycles. The van der Waals surface area contributed by atoms with Crippen molar-refractivity contribution >= 4 is 29.9 Å². The van der Waals surface area contributed by atoms with Crippen molar-refractivity contribution in [3.05, 3.63) is 47.5 Å². The lowest BCUT2D eigenvalue weighted by Gasteiger charge is -2.31. The average molecular weight is 442 g/mol. The molecule has 0 spiro atoms. The lowest BCUT2D eigenvalue weighted by Crippen LogP contribution is -2.34. The van der Waals surface area contributed by atoms with Crippen LogP contribution in [0.15, 0.2) is 41.4 Å². The second-order valence-corrected chi connectivity index (χ2v) is 6.76. The van der Waals surface area contributed by atoms with Crippen LogP contribution in [0.3, 0.4) is 0 Å². The van der Waals surface area contributed by atoms with E-state index in [9.17, 15) is 0 Å². The summed E-state index contributed by atoms with van der Waals surface area (Å²) in [5, 5.41) is 3.08. The molecule has 1 fully saturated rings. The standard InChI is InChI=1S/C19H30N4.HI/c1-15(2)11-21-19(20)22-12-17-8-4-5-9-18(17)14-23-10-6-7-16(3)13-23;/h4-5,8-9,16H,1,6-7,10-14H2,2-3H3,(H3,20,21,22);1H. The van der Waals surface area contributed by atoms with Crippen LogP contribution in [0.25, 0.3) is 0 Å². The number of nitrogens with one attached hydrogen (secondary N) is 1. The van der Waals surface area contributed by atoms with Crippen LogP contribution in [0, 0.1) is 5.92 Å². The van der Waals surface area contributed by atoms with Crippen molar-refractivity contribution < 1.29 is 0 Å². The number of likely N-dealkylation sites (tertiary alicyclic amines) is 1. The normalized spacial score (nSPS) is 18.8. The molecular formula is C19H31IN4. The van der Waals surface area contributed by atoms with Gasteiger partial charge in [0.1, 0.15) is 0 Å². The van der Waals surface area contributed by atoms with Crippen molar-refractivity contribution in [3.63, 3.8) is 0 Å². The topological polar surface area (TPSA) is 53.6 Å². The molecule has 1 heterocycles. The molecule has 2 rings (SSSR count). The molecule has 24 heavy (non-hydrogen) atoms. The van der Waals surface area contributed by atoms with Crippen molar-refractivity contribution in [1.29, 1.82) is 0 Å². The van der Waals surface area contributed by atoms with Gasteiger partial charge in [-0.05, 0) is 43.4 Å². The molecule has 1 aliphatic rings. The number of nitrogens with zero attached hydrogens (tertiary/aromatic N) is 2. The number of piperidine rings is 1. The van der Waals surface area contributed by atoms with Gasteiger partial charge in [-0.15, -0.1) is 24.0 Å². The molecule has 134 valence electrons. The Balaban J connectivity index is 0.00000288. The Morgan fingerprint density at radius 3 is 2.75 bits per heavy atom. The lowest BCUT2D eigenvalue weighted by atomic mass is 9.99. The molecule has 5 heteroatoms. The van der Waals surface area contributed by atoms with E-state index in [1.54, 1.807) is 0 Å². The van der Waals surface area contributed by atoms with Crippen LogP contribution in [0.5, 0.6) is 0 Å². The fourth-order valence-electron chi connectivity index (χ4n) is 3.00. The largest absolute Gasteiger partial charge is 0.370 e. The Labute approximate surface area is 163 Å². The second-order valence-electron chi connectivity index (χ2n) is 6.76. The van der Waals surface area contributed by atoms with Gasteiger partial charge in [0.2, 0.25) is 0 Å². The highest BCUT2D eigenvalue weighted by Gasteiger charge is 2.17. The van der Waals surface area contributed by atoms with Crippen molar-refractivity contribution in [2.45, 2.75) is 39.8 Å². The van der Waals surface area contributed by atoms with Crippen LogP contribution in [-0.2, 0) is 13.1 Å². The zero-order valence-electron chi connectivity index (χ0n) is 14.9. The highest BCUT2D eigenvalue weighted by Crippen LogP contribution is 2.19. The van der Waals surface area contributed by atoms with Crippen LogP contribution in [0.1, 0.15) is 37.8 Å². The molecule has 1 unspecified atom stereocenters. The zero-order valence-corrected chi connectivity index (χ0v) is 17.3.